The van der Waals surface area contributed by atoms with Gasteiger partial charge in [-0.15, -0.1) is 0 Å². The van der Waals surface area contributed by atoms with Gasteiger partial charge in [0, 0.05) is 31.9 Å². The number of carbonyl (C=O) groups excluding carboxylic acids is 1. The van der Waals surface area contributed by atoms with Gasteiger partial charge in [-0.3, -0.25) is 9.48 Å². The first-order chi connectivity index (χ1) is 17.0. The Balaban J connectivity index is 1.82. The maximum Gasteiger partial charge on any atom is 0.260 e. The van der Waals surface area contributed by atoms with Crippen molar-refractivity contribution in [2.45, 2.75) is 32.4 Å². The number of methoxy groups -OCH3 is 1. The van der Waals surface area contributed by atoms with Gasteiger partial charge in [0.05, 0.1) is 24.4 Å². The van der Waals surface area contributed by atoms with E-state index in [1.165, 1.54) is 13.2 Å². The lowest BCUT2D eigenvalue weighted by Crippen LogP contribution is -2.54. The zero-order valence-corrected chi connectivity index (χ0v) is 20.6. The van der Waals surface area contributed by atoms with Gasteiger partial charge >= 0.3 is 0 Å². The molecule has 3 aromatic rings. The molecule has 2 aliphatic heterocycles. The molecule has 1 N–H and O–H groups in total. The first kappa shape index (κ1) is 23.6. The minimum atomic E-state index is -0.540. The fourth-order valence-corrected chi connectivity index (χ4v) is 4.94. The first-order valence-corrected chi connectivity index (χ1v) is 12.1. The molecule has 0 radical (unpaired) electrons. The average molecular weight is 500 g/mol. The maximum atomic E-state index is 15.1. The van der Waals surface area contributed by atoms with Gasteiger partial charge in [-0.25, -0.2) is 9.37 Å². The van der Waals surface area contributed by atoms with E-state index in [4.69, 9.17) is 26.1 Å². The van der Waals surface area contributed by atoms with E-state index in [9.17, 15) is 4.79 Å². The van der Waals surface area contributed by atoms with Crippen molar-refractivity contribution < 1.29 is 18.7 Å². The Hall–Kier alpha value is -3.17. The highest BCUT2D eigenvalue weighted by atomic mass is 35.5. The van der Waals surface area contributed by atoms with Crippen LogP contribution in [-0.4, -0.2) is 65.0 Å². The molecule has 0 saturated carbocycles. The third-order valence-electron chi connectivity index (χ3n) is 6.69. The number of carbonyl (C=O) groups is 1. The number of nitrogens with one attached hydrogen (secondary N) is 1. The van der Waals surface area contributed by atoms with Crippen molar-refractivity contribution in [2.75, 3.05) is 33.4 Å². The van der Waals surface area contributed by atoms with Crippen LogP contribution in [0.2, 0.25) is 5.02 Å². The summed E-state index contributed by atoms with van der Waals surface area (Å²) in [6, 6.07) is 6.22. The summed E-state index contributed by atoms with van der Waals surface area (Å²) in [4.78, 5) is 20.5. The predicted octanol–water partition coefficient (Wildman–Crippen LogP) is 4.19. The van der Waals surface area contributed by atoms with E-state index >= 15 is 4.39 Å². The van der Waals surface area contributed by atoms with Crippen LogP contribution in [0.15, 0.2) is 30.5 Å². The van der Waals surface area contributed by atoms with Crippen molar-refractivity contribution in [2.24, 2.45) is 0 Å². The highest BCUT2D eigenvalue weighted by Crippen LogP contribution is 2.46. The average Bonchev–Trinajstić information content (AvgIpc) is 3.31. The Bertz CT molecular complexity index is 1280. The maximum absolute atomic E-state index is 15.1. The minimum Gasteiger partial charge on any atom is -0.496 e. The molecule has 10 heteroatoms. The molecule has 2 aromatic heterocycles. The van der Waals surface area contributed by atoms with Gasteiger partial charge in [-0.2, -0.15) is 5.10 Å². The Morgan fingerprint density at radius 1 is 1.31 bits per heavy atom. The van der Waals surface area contributed by atoms with Crippen molar-refractivity contribution >= 4 is 17.5 Å². The van der Waals surface area contributed by atoms with E-state index in [0.29, 0.717) is 31.0 Å². The lowest BCUT2D eigenvalue weighted by molar-refractivity contribution is 0.0607. The van der Waals surface area contributed by atoms with E-state index in [1.54, 1.807) is 29.3 Å². The van der Waals surface area contributed by atoms with Crippen molar-refractivity contribution in [3.05, 3.63) is 46.9 Å². The molecule has 2 aliphatic rings. The minimum absolute atomic E-state index is 0.0494. The molecule has 1 aromatic carbocycles. The van der Waals surface area contributed by atoms with Crippen molar-refractivity contribution in [1.82, 2.24) is 25.0 Å². The first-order valence-electron chi connectivity index (χ1n) is 11.7. The molecule has 35 heavy (non-hydrogen) atoms. The Kier molecular flexibility index (Phi) is 6.37. The number of fused-ring (bicyclic) bond motifs is 2. The van der Waals surface area contributed by atoms with Gasteiger partial charge in [-0.1, -0.05) is 24.6 Å². The van der Waals surface area contributed by atoms with Gasteiger partial charge in [0.15, 0.2) is 5.75 Å². The highest BCUT2D eigenvalue weighted by Gasteiger charge is 2.38. The predicted molar refractivity (Wildman–Crippen MR) is 131 cm³/mol. The Morgan fingerprint density at radius 3 is 2.91 bits per heavy atom. The van der Waals surface area contributed by atoms with Crippen LogP contribution in [0.1, 0.15) is 36.7 Å². The smallest absolute Gasteiger partial charge is 0.260 e. The molecule has 0 spiro atoms. The number of hydrogen-bond donors (Lipinski definition) is 1. The fraction of sp³-hybridized carbons (Fsp3) is 0.400. The van der Waals surface area contributed by atoms with Crippen molar-refractivity contribution in [1.29, 1.82) is 0 Å². The lowest BCUT2D eigenvalue weighted by Gasteiger charge is -2.34. The number of halogens is 2. The van der Waals surface area contributed by atoms with Gasteiger partial charge in [0.2, 0.25) is 0 Å². The normalized spacial score (nSPS) is 18.4. The molecule has 1 amide bonds. The quantitative estimate of drug-likeness (QED) is 0.567. The second-order valence-corrected chi connectivity index (χ2v) is 9.11. The summed E-state index contributed by atoms with van der Waals surface area (Å²) >= 11 is 6.84. The summed E-state index contributed by atoms with van der Waals surface area (Å²) in [5, 5.41) is 7.86. The topological polar surface area (TPSA) is 81.5 Å². The molecule has 8 nitrogen and oxygen atoms in total. The standard InChI is InChI=1S/C25H27ClFN5O3/c1-4-14(2)32-17(8-9-29-32)22-20-24(35-13-15-12-28-10-11-31(15)25(20)33)21(26)23(30-22)19-16(27)6-5-7-18(19)34-3/h5-9,14-15,28H,4,10-13H2,1-3H3/t14?,15-/m1/s1. The molecule has 1 saturated heterocycles. The molecule has 1 fully saturated rings. The lowest BCUT2D eigenvalue weighted by atomic mass is 10.0. The molecule has 5 rings (SSSR count). The Labute approximate surface area is 208 Å². The SMILES string of the molecule is CCC(C)n1nccc1-c1nc(-c2c(F)cccc2OC)c(Cl)c2c1C(=O)N1CCNC[C@@H]1CO2. The number of nitrogens with zero attached hydrogens (tertiary/aromatic N) is 4. The van der Waals surface area contributed by atoms with Crippen LogP contribution in [0.25, 0.3) is 22.6 Å². The summed E-state index contributed by atoms with van der Waals surface area (Å²) in [5.74, 6) is -0.269. The second-order valence-electron chi connectivity index (χ2n) is 8.73. The van der Waals surface area contributed by atoms with Crippen LogP contribution in [0.3, 0.4) is 0 Å². The fourth-order valence-electron chi connectivity index (χ4n) is 4.66. The molecule has 184 valence electrons. The third kappa shape index (κ3) is 3.92. The molecule has 0 bridgehead atoms. The summed E-state index contributed by atoms with van der Waals surface area (Å²) in [6.07, 6.45) is 2.49. The number of hydrogen-bond acceptors (Lipinski definition) is 6. The molecule has 0 aliphatic carbocycles. The van der Waals surface area contributed by atoms with Crippen LogP contribution in [0.5, 0.6) is 11.5 Å². The number of piperazine rings is 1. The Morgan fingerprint density at radius 2 is 2.14 bits per heavy atom. The van der Waals surface area contributed by atoms with E-state index < -0.39 is 5.82 Å². The number of ether oxygens (including phenoxy) is 2. The van der Waals surface area contributed by atoms with E-state index in [1.807, 2.05) is 11.6 Å². The van der Waals surface area contributed by atoms with Crippen LogP contribution < -0.4 is 14.8 Å². The number of pyridine rings is 1. The van der Waals surface area contributed by atoms with Crippen LogP contribution in [0, 0.1) is 5.82 Å². The zero-order chi connectivity index (χ0) is 24.7. The van der Waals surface area contributed by atoms with E-state index in [0.717, 1.165) is 6.42 Å². The van der Waals surface area contributed by atoms with Gasteiger partial charge in [0.25, 0.3) is 5.91 Å². The molecule has 2 atom stereocenters. The largest absolute Gasteiger partial charge is 0.496 e. The summed E-state index contributed by atoms with van der Waals surface area (Å²) < 4.78 is 28.6. The number of amides is 1. The third-order valence-corrected chi connectivity index (χ3v) is 7.04. The van der Waals surface area contributed by atoms with E-state index in [-0.39, 0.29) is 57.9 Å². The highest BCUT2D eigenvalue weighted by molar-refractivity contribution is 6.35. The van der Waals surface area contributed by atoms with Crippen LogP contribution >= 0.6 is 11.6 Å². The van der Waals surface area contributed by atoms with Crippen LogP contribution in [0.4, 0.5) is 4.39 Å². The molecular weight excluding hydrogens is 473 g/mol. The molecule has 1 unspecified atom stereocenters. The summed E-state index contributed by atoms with van der Waals surface area (Å²) in [7, 11) is 1.46. The van der Waals surface area contributed by atoms with Crippen molar-refractivity contribution in [3.63, 3.8) is 0 Å². The van der Waals surface area contributed by atoms with Gasteiger partial charge in [0.1, 0.15) is 40.1 Å². The monoisotopic (exact) mass is 499 g/mol. The number of benzene rings is 1. The summed E-state index contributed by atoms with van der Waals surface area (Å²) in [6.45, 7) is 6.18. The molecular formula is C25H27ClFN5O3. The number of rotatable bonds is 5. The molecule has 4 heterocycles. The second kappa shape index (κ2) is 9.47. The van der Waals surface area contributed by atoms with Gasteiger partial charge in [-0.05, 0) is 31.5 Å². The van der Waals surface area contributed by atoms with Gasteiger partial charge < -0.3 is 19.7 Å². The van der Waals surface area contributed by atoms with Crippen molar-refractivity contribution in [3.8, 4) is 34.1 Å². The summed E-state index contributed by atoms with van der Waals surface area (Å²) in [5.41, 5.74) is 1.51. The number of aromatic nitrogens is 3. The zero-order valence-electron chi connectivity index (χ0n) is 19.8. The van der Waals surface area contributed by atoms with Crippen LogP contribution in [-0.2, 0) is 0 Å². The van der Waals surface area contributed by atoms with E-state index in [2.05, 4.69) is 17.3 Å².